The highest BCUT2D eigenvalue weighted by Gasteiger charge is 2.42. The number of hydrogen-bond acceptors (Lipinski definition) is 11. The van der Waals surface area contributed by atoms with Crippen molar-refractivity contribution in [1.82, 2.24) is 0 Å². The Morgan fingerprint density at radius 2 is 1.35 bits per heavy atom. The van der Waals surface area contributed by atoms with Gasteiger partial charge in [0.25, 0.3) is 0 Å². The molecule has 1 aromatic carbocycles. The molecule has 11 nitrogen and oxygen atoms in total. The molecule has 0 saturated heterocycles. The SMILES string of the molecule is CCCCCCCCCCCCCCCC(=O)OC1=C(O)C(=O)O[C@@H]1[C@@H](O)COC(=O)c1cc(O)c(O)c(O)c1. The molecule has 0 fully saturated rings. The molecule has 5 N–H and O–H groups in total. The monoisotopic (exact) mass is 566 g/mol. The van der Waals surface area contributed by atoms with Gasteiger partial charge in [-0.05, 0) is 18.6 Å². The second kappa shape index (κ2) is 17.3. The van der Waals surface area contributed by atoms with Crippen molar-refractivity contribution in [3.8, 4) is 17.2 Å². The first-order valence-corrected chi connectivity index (χ1v) is 14.1. The van der Waals surface area contributed by atoms with Crippen LogP contribution in [0.2, 0.25) is 0 Å². The van der Waals surface area contributed by atoms with Gasteiger partial charge in [0.2, 0.25) is 11.5 Å². The number of unbranched alkanes of at least 4 members (excludes halogenated alkanes) is 12. The summed E-state index contributed by atoms with van der Waals surface area (Å²) in [6.07, 6.45) is 11.7. The van der Waals surface area contributed by atoms with Crippen LogP contribution in [0.15, 0.2) is 23.7 Å². The van der Waals surface area contributed by atoms with E-state index in [-0.39, 0.29) is 12.0 Å². The largest absolute Gasteiger partial charge is 0.504 e. The molecule has 1 aliphatic heterocycles. The van der Waals surface area contributed by atoms with Crippen molar-refractivity contribution in [2.45, 2.75) is 109 Å². The number of hydrogen-bond donors (Lipinski definition) is 5. The van der Waals surface area contributed by atoms with Crippen molar-refractivity contribution in [1.29, 1.82) is 0 Å². The number of esters is 3. The fourth-order valence-electron chi connectivity index (χ4n) is 4.33. The zero-order valence-electron chi connectivity index (χ0n) is 23.1. The van der Waals surface area contributed by atoms with E-state index in [0.29, 0.717) is 6.42 Å². The summed E-state index contributed by atoms with van der Waals surface area (Å²) in [6, 6.07) is 1.68. The molecule has 0 unspecified atom stereocenters. The Morgan fingerprint density at radius 3 is 1.88 bits per heavy atom. The number of carbonyl (C=O) groups excluding carboxylic acids is 3. The fourth-order valence-corrected chi connectivity index (χ4v) is 4.33. The molecular formula is C29H42O11. The van der Waals surface area contributed by atoms with Crippen LogP contribution < -0.4 is 0 Å². The zero-order chi connectivity index (χ0) is 29.5. The Hall–Kier alpha value is -3.47. The maximum absolute atomic E-state index is 12.3. The smallest absolute Gasteiger partial charge is 0.378 e. The average Bonchev–Trinajstić information content (AvgIpc) is 3.20. The minimum Gasteiger partial charge on any atom is -0.504 e. The quantitative estimate of drug-likeness (QED) is 0.0655. The predicted octanol–water partition coefficient (Wildman–Crippen LogP) is 5.04. The second-order valence-electron chi connectivity index (χ2n) is 10.0. The lowest BCUT2D eigenvalue weighted by molar-refractivity contribution is -0.151. The molecule has 0 aliphatic carbocycles. The number of phenols is 3. The van der Waals surface area contributed by atoms with Crippen molar-refractivity contribution in [3.05, 3.63) is 29.2 Å². The summed E-state index contributed by atoms with van der Waals surface area (Å²) < 4.78 is 14.9. The van der Waals surface area contributed by atoms with Gasteiger partial charge in [-0.2, -0.15) is 0 Å². The van der Waals surface area contributed by atoms with Crippen LogP contribution in [0.1, 0.15) is 107 Å². The van der Waals surface area contributed by atoms with Crippen LogP contribution in [0, 0.1) is 0 Å². The van der Waals surface area contributed by atoms with Gasteiger partial charge in [0.15, 0.2) is 23.4 Å². The number of carbonyl (C=O) groups is 3. The standard InChI is InChI=1S/C29H42O11/c1-2-3-4-5-6-7-8-9-10-11-12-13-14-15-23(33)39-27-25(35)29(37)40-26(27)22(32)18-38-28(36)19-16-20(30)24(34)21(31)17-19/h16-17,22,26,30-32,34-35H,2-15,18H2,1H3/t22-,26+/m0/s1. The van der Waals surface area contributed by atoms with E-state index in [0.717, 1.165) is 31.4 Å². The Labute approximate surface area is 234 Å². The molecule has 0 amide bonds. The average molecular weight is 567 g/mol. The molecule has 1 aliphatic rings. The van der Waals surface area contributed by atoms with E-state index in [1.54, 1.807) is 0 Å². The lowest BCUT2D eigenvalue weighted by atomic mass is 10.0. The zero-order valence-corrected chi connectivity index (χ0v) is 23.1. The molecule has 40 heavy (non-hydrogen) atoms. The van der Waals surface area contributed by atoms with Crippen LogP contribution in [0.25, 0.3) is 0 Å². The first-order chi connectivity index (χ1) is 19.1. The van der Waals surface area contributed by atoms with E-state index in [1.165, 1.54) is 57.8 Å². The van der Waals surface area contributed by atoms with E-state index in [2.05, 4.69) is 6.92 Å². The third-order valence-corrected chi connectivity index (χ3v) is 6.67. The Balaban J connectivity index is 1.68. The molecule has 1 aromatic rings. The topological polar surface area (TPSA) is 180 Å². The summed E-state index contributed by atoms with van der Waals surface area (Å²) in [4.78, 5) is 36.3. The summed E-state index contributed by atoms with van der Waals surface area (Å²) in [7, 11) is 0. The highest BCUT2D eigenvalue weighted by molar-refractivity contribution is 5.91. The number of phenolic OH excluding ortho intramolecular Hbond substituents is 3. The van der Waals surface area contributed by atoms with Crippen molar-refractivity contribution in [2.24, 2.45) is 0 Å². The molecular weight excluding hydrogens is 524 g/mol. The van der Waals surface area contributed by atoms with E-state index >= 15 is 0 Å². The number of aliphatic hydroxyl groups excluding tert-OH is 2. The fraction of sp³-hybridized carbons (Fsp3) is 0.621. The van der Waals surface area contributed by atoms with Gasteiger partial charge in [-0.3, -0.25) is 4.79 Å². The molecule has 0 radical (unpaired) electrons. The van der Waals surface area contributed by atoms with Crippen LogP contribution in [0.4, 0.5) is 0 Å². The van der Waals surface area contributed by atoms with Gasteiger partial charge in [-0.25, -0.2) is 9.59 Å². The van der Waals surface area contributed by atoms with Gasteiger partial charge in [0.05, 0.1) is 5.56 Å². The minimum absolute atomic E-state index is 0.0500. The van der Waals surface area contributed by atoms with Gasteiger partial charge in [-0.15, -0.1) is 0 Å². The first-order valence-electron chi connectivity index (χ1n) is 14.1. The van der Waals surface area contributed by atoms with Crippen molar-refractivity contribution < 1.29 is 54.1 Å². The molecule has 11 heteroatoms. The van der Waals surface area contributed by atoms with Crippen LogP contribution in [0.3, 0.4) is 0 Å². The van der Waals surface area contributed by atoms with E-state index in [1.807, 2.05) is 0 Å². The van der Waals surface area contributed by atoms with E-state index in [4.69, 9.17) is 14.2 Å². The molecule has 0 aromatic heterocycles. The Morgan fingerprint density at radius 1 is 0.850 bits per heavy atom. The van der Waals surface area contributed by atoms with Crippen LogP contribution in [-0.4, -0.2) is 62.3 Å². The van der Waals surface area contributed by atoms with E-state index in [9.17, 15) is 39.9 Å². The molecule has 2 rings (SSSR count). The molecule has 0 saturated carbocycles. The molecule has 0 bridgehead atoms. The molecule has 0 spiro atoms. The number of cyclic esters (lactones) is 1. The summed E-state index contributed by atoms with van der Waals surface area (Å²) in [5, 5.41) is 48.8. The Kier molecular flexibility index (Phi) is 14.1. The van der Waals surface area contributed by atoms with Gasteiger partial charge in [0, 0.05) is 6.42 Å². The van der Waals surface area contributed by atoms with Gasteiger partial charge in [-0.1, -0.05) is 84.0 Å². The van der Waals surface area contributed by atoms with E-state index < -0.39 is 65.5 Å². The maximum atomic E-state index is 12.3. The number of benzene rings is 1. The summed E-state index contributed by atoms with van der Waals surface area (Å²) in [6.45, 7) is 1.47. The van der Waals surface area contributed by atoms with Crippen LogP contribution in [0.5, 0.6) is 17.2 Å². The van der Waals surface area contributed by atoms with Gasteiger partial charge >= 0.3 is 17.9 Å². The molecule has 224 valence electrons. The highest BCUT2D eigenvalue weighted by Crippen LogP contribution is 2.35. The van der Waals surface area contributed by atoms with Crippen molar-refractivity contribution in [2.75, 3.05) is 6.61 Å². The molecule has 2 atom stereocenters. The number of aliphatic hydroxyl groups is 2. The predicted molar refractivity (Wildman–Crippen MR) is 144 cm³/mol. The summed E-state index contributed by atoms with van der Waals surface area (Å²) >= 11 is 0. The minimum atomic E-state index is -1.70. The molecule has 1 heterocycles. The third-order valence-electron chi connectivity index (χ3n) is 6.67. The normalized spacial score (nSPS) is 15.7. The summed E-state index contributed by atoms with van der Waals surface area (Å²) in [5.74, 6) is -6.84. The third kappa shape index (κ3) is 10.6. The van der Waals surface area contributed by atoms with Crippen LogP contribution >= 0.6 is 0 Å². The maximum Gasteiger partial charge on any atom is 0.378 e. The van der Waals surface area contributed by atoms with Gasteiger partial charge < -0.3 is 39.7 Å². The second-order valence-corrected chi connectivity index (χ2v) is 10.0. The lowest BCUT2D eigenvalue weighted by Crippen LogP contribution is -2.34. The number of ether oxygens (including phenoxy) is 3. The lowest BCUT2D eigenvalue weighted by Gasteiger charge is -2.19. The number of rotatable bonds is 19. The Bertz CT molecular complexity index is 994. The first kappa shape index (κ1) is 32.7. The highest BCUT2D eigenvalue weighted by atomic mass is 16.6. The van der Waals surface area contributed by atoms with Crippen molar-refractivity contribution in [3.63, 3.8) is 0 Å². The van der Waals surface area contributed by atoms with Gasteiger partial charge in [0.1, 0.15) is 12.7 Å². The number of aromatic hydroxyl groups is 3. The summed E-state index contributed by atoms with van der Waals surface area (Å²) in [5.41, 5.74) is -0.328. The van der Waals surface area contributed by atoms with Crippen molar-refractivity contribution >= 4 is 17.9 Å². The van der Waals surface area contributed by atoms with Crippen LogP contribution in [-0.2, 0) is 23.8 Å².